The molecule has 1 heterocycles. The van der Waals surface area contributed by atoms with Crippen molar-refractivity contribution in [1.29, 1.82) is 0 Å². The van der Waals surface area contributed by atoms with E-state index < -0.39 is 56.5 Å². The number of fused-ring (bicyclic) bond motifs is 1. The average molecular weight is 427 g/mol. The number of nitrogens with one attached hydrogen (secondary N) is 1. The van der Waals surface area contributed by atoms with E-state index in [4.69, 9.17) is 14.1 Å². The van der Waals surface area contributed by atoms with Gasteiger partial charge in [-0.25, -0.2) is 13.6 Å². The van der Waals surface area contributed by atoms with E-state index >= 15 is 0 Å². The van der Waals surface area contributed by atoms with Gasteiger partial charge in [0.2, 0.25) is 18.6 Å². The van der Waals surface area contributed by atoms with Crippen LogP contribution in [-0.2, 0) is 25.5 Å². The van der Waals surface area contributed by atoms with E-state index in [1.165, 1.54) is 6.07 Å². The quantitative estimate of drug-likeness (QED) is 0.370. The summed E-state index contributed by atoms with van der Waals surface area (Å²) in [7, 11) is -1.49. The molecule has 2 rings (SSSR count). The Morgan fingerprint density at radius 3 is 2.67 bits per heavy atom. The maximum absolute atomic E-state index is 12.9. The van der Waals surface area contributed by atoms with Gasteiger partial charge in [0.15, 0.2) is 0 Å². The highest BCUT2D eigenvalue weighted by Crippen LogP contribution is 2.30. The van der Waals surface area contributed by atoms with Crippen LogP contribution < -0.4 is 9.97 Å². The van der Waals surface area contributed by atoms with Gasteiger partial charge in [-0.05, 0) is 25.0 Å². The minimum absolute atomic E-state index is 0.0162. The topological polar surface area (TPSA) is 111 Å². The fourth-order valence-corrected chi connectivity index (χ4v) is 2.71. The molecule has 1 aromatic carbocycles. The minimum Gasteiger partial charge on any atom is -0.534 e. The zero-order valence-electron chi connectivity index (χ0n) is 16.9. The van der Waals surface area contributed by atoms with Crippen LogP contribution in [0.1, 0.15) is 49.5 Å². The molecule has 0 bridgehead atoms. The van der Waals surface area contributed by atoms with Crippen LogP contribution in [0.5, 0.6) is 5.75 Å². The van der Waals surface area contributed by atoms with Crippen LogP contribution in [0.3, 0.4) is 0 Å². The van der Waals surface area contributed by atoms with Crippen molar-refractivity contribution in [2.45, 2.75) is 51.9 Å². The number of hydrogen-bond acceptors (Lipinski definition) is 7. The summed E-state index contributed by atoms with van der Waals surface area (Å²) >= 11 is 0. The van der Waals surface area contributed by atoms with Crippen molar-refractivity contribution in [3.05, 3.63) is 29.3 Å². The van der Waals surface area contributed by atoms with E-state index in [-0.39, 0.29) is 23.7 Å². The van der Waals surface area contributed by atoms with Crippen LogP contribution in [0.4, 0.5) is 8.78 Å². The highest BCUT2D eigenvalue weighted by molar-refractivity contribution is 6.47. The molecule has 0 radical (unpaired) electrons. The Bertz CT molecular complexity index is 798. The van der Waals surface area contributed by atoms with E-state index in [0.29, 0.717) is 5.56 Å². The van der Waals surface area contributed by atoms with Gasteiger partial charge in [0, 0.05) is 12.8 Å². The van der Waals surface area contributed by atoms with Gasteiger partial charge < -0.3 is 24.5 Å². The predicted molar refractivity (Wildman–Crippen MR) is 102 cm³/mol. The molecule has 2 N–H and O–H groups in total. The molecule has 1 amide bonds. The van der Waals surface area contributed by atoms with Crippen molar-refractivity contribution >= 4 is 25.0 Å². The van der Waals surface area contributed by atoms with Crippen molar-refractivity contribution in [3.63, 3.8) is 0 Å². The van der Waals surface area contributed by atoms with Crippen LogP contribution in [0.25, 0.3) is 0 Å². The summed E-state index contributed by atoms with van der Waals surface area (Å²) in [5.41, 5.74) is 0.530. The highest BCUT2D eigenvalue weighted by Gasteiger charge is 2.38. The second-order valence-corrected chi connectivity index (χ2v) is 7.42. The molecule has 8 nitrogen and oxygen atoms in total. The number of alkyl halides is 2. The van der Waals surface area contributed by atoms with Crippen molar-refractivity contribution < 1.29 is 42.3 Å². The number of ether oxygens (including phenoxy) is 2. The van der Waals surface area contributed by atoms with Crippen molar-refractivity contribution in [1.82, 2.24) is 5.32 Å². The van der Waals surface area contributed by atoms with Gasteiger partial charge in [-0.2, -0.15) is 0 Å². The third-order valence-electron chi connectivity index (χ3n) is 4.34. The van der Waals surface area contributed by atoms with Crippen molar-refractivity contribution in [2.24, 2.45) is 5.92 Å². The Kier molecular flexibility index (Phi) is 7.77. The second kappa shape index (κ2) is 9.88. The zero-order valence-corrected chi connectivity index (χ0v) is 16.9. The van der Waals surface area contributed by atoms with E-state index in [1.54, 1.807) is 26.0 Å². The molecule has 0 aromatic heterocycles. The molecule has 1 aliphatic rings. The van der Waals surface area contributed by atoms with Gasteiger partial charge in [0.1, 0.15) is 11.3 Å². The number of amides is 1. The Morgan fingerprint density at radius 2 is 2.03 bits per heavy atom. The van der Waals surface area contributed by atoms with E-state index in [9.17, 15) is 28.2 Å². The maximum atomic E-state index is 12.9. The van der Waals surface area contributed by atoms with E-state index in [1.807, 2.05) is 0 Å². The average Bonchev–Trinajstić information content (AvgIpc) is 2.65. The summed E-state index contributed by atoms with van der Waals surface area (Å²) in [6.07, 6.45) is -0.897. The smallest absolute Gasteiger partial charge is 0.534 e. The van der Waals surface area contributed by atoms with Gasteiger partial charge in [0.25, 0.3) is 0 Å². The van der Waals surface area contributed by atoms with Crippen molar-refractivity contribution in [3.8, 4) is 5.75 Å². The lowest BCUT2D eigenvalue weighted by atomic mass is 9.72. The molecule has 11 heteroatoms. The third-order valence-corrected chi connectivity index (χ3v) is 4.34. The summed E-state index contributed by atoms with van der Waals surface area (Å²) < 4.78 is 40.9. The minimum atomic E-state index is -2.97. The molecule has 30 heavy (non-hydrogen) atoms. The fourth-order valence-electron chi connectivity index (χ4n) is 2.71. The Morgan fingerprint density at radius 1 is 1.33 bits per heavy atom. The lowest BCUT2D eigenvalue weighted by Crippen LogP contribution is -2.53. The standard InChI is InChI=1S/C19H24BF2NO7/c1-11(2)17(25)28-10-29-18(26)13-6-4-5-12-9-14(20(27)30-16(12)13)23-15(24)7-8-19(3,21)22/h4-6,11,14,27H,7-10H2,1-3H3,(H,23,24). The number of benzene rings is 1. The lowest BCUT2D eigenvalue weighted by molar-refractivity contribution is -0.155. The molecule has 1 atom stereocenters. The number of esters is 2. The van der Waals surface area contributed by atoms with Gasteiger partial charge in [-0.3, -0.25) is 9.59 Å². The second-order valence-electron chi connectivity index (χ2n) is 7.42. The van der Waals surface area contributed by atoms with Crippen LogP contribution in [0.15, 0.2) is 18.2 Å². The molecule has 0 saturated carbocycles. The molecule has 0 fully saturated rings. The predicted octanol–water partition coefficient (Wildman–Crippen LogP) is 1.87. The number of para-hydroxylation sites is 1. The first-order valence-corrected chi connectivity index (χ1v) is 9.45. The van der Waals surface area contributed by atoms with Gasteiger partial charge in [-0.15, -0.1) is 0 Å². The fraction of sp³-hybridized carbons (Fsp3) is 0.526. The van der Waals surface area contributed by atoms with Gasteiger partial charge in [0.05, 0.1) is 11.9 Å². The molecular weight excluding hydrogens is 403 g/mol. The summed E-state index contributed by atoms with van der Waals surface area (Å²) in [6, 6.07) is 4.61. The van der Waals surface area contributed by atoms with Gasteiger partial charge >= 0.3 is 19.1 Å². The first kappa shape index (κ1) is 23.6. The van der Waals surface area contributed by atoms with Crippen LogP contribution in [0.2, 0.25) is 0 Å². The molecule has 1 aromatic rings. The number of carbonyl (C=O) groups excluding carboxylic acids is 3. The largest absolute Gasteiger partial charge is 0.547 e. The van der Waals surface area contributed by atoms with E-state index in [2.05, 4.69) is 5.32 Å². The molecule has 1 aliphatic heterocycles. The normalized spacial score (nSPS) is 15.8. The Balaban J connectivity index is 2.00. The van der Waals surface area contributed by atoms with Crippen LogP contribution >= 0.6 is 0 Å². The molecule has 0 spiro atoms. The van der Waals surface area contributed by atoms with Gasteiger partial charge in [-0.1, -0.05) is 26.0 Å². The SMILES string of the molecule is CC(C)C(=O)OCOC(=O)c1cccc2c1OB(O)C(NC(=O)CCC(C)(F)F)C2. The first-order chi connectivity index (χ1) is 14.0. The number of halogens is 2. The van der Waals surface area contributed by atoms with Crippen LogP contribution in [0, 0.1) is 5.92 Å². The van der Waals surface area contributed by atoms with E-state index in [0.717, 1.165) is 6.92 Å². The van der Waals surface area contributed by atoms with Crippen molar-refractivity contribution in [2.75, 3.05) is 6.79 Å². The summed E-state index contributed by atoms with van der Waals surface area (Å²) in [4.78, 5) is 35.6. The molecule has 0 saturated heterocycles. The number of carbonyl (C=O) groups is 3. The molecule has 164 valence electrons. The highest BCUT2D eigenvalue weighted by atomic mass is 19.3. The molecule has 1 unspecified atom stereocenters. The summed E-state index contributed by atoms with van der Waals surface area (Å²) in [5, 5.41) is 12.7. The van der Waals surface area contributed by atoms with Crippen LogP contribution in [-0.4, -0.2) is 48.6 Å². The molecule has 0 aliphatic carbocycles. The monoisotopic (exact) mass is 427 g/mol. The first-order valence-electron chi connectivity index (χ1n) is 9.45. The third kappa shape index (κ3) is 6.69. The lowest BCUT2D eigenvalue weighted by Gasteiger charge is -2.29. The number of hydrogen-bond donors (Lipinski definition) is 2. The summed E-state index contributed by atoms with van der Waals surface area (Å²) in [5.74, 6) is -6.11. The Hall–Kier alpha value is -2.69. The zero-order chi connectivity index (χ0) is 22.5. The molecular formula is C19H24BF2NO7. The number of rotatable bonds is 8. The maximum Gasteiger partial charge on any atom is 0.547 e. The Labute approximate surface area is 173 Å². The summed E-state index contributed by atoms with van der Waals surface area (Å²) in [6.45, 7) is 3.42.